The quantitative estimate of drug-likeness (QED) is 0.291. The van der Waals surface area contributed by atoms with Crippen molar-refractivity contribution in [1.82, 2.24) is 15.6 Å². The number of nitriles is 1. The van der Waals surface area contributed by atoms with Crippen LogP contribution in [0.2, 0.25) is 0 Å². The number of hydrogen-bond donors (Lipinski definition) is 4. The third-order valence-corrected chi connectivity index (χ3v) is 5.06. The Balaban J connectivity index is 0.000000619. The number of alkyl halides is 5. The summed E-state index contributed by atoms with van der Waals surface area (Å²) in [6, 6.07) is 7.85. The van der Waals surface area contributed by atoms with Gasteiger partial charge in [-0.3, -0.25) is 15.1 Å². The van der Waals surface area contributed by atoms with Gasteiger partial charge in [-0.05, 0) is 56.0 Å². The minimum Gasteiger partial charge on any atom is -0.400 e. The van der Waals surface area contributed by atoms with E-state index in [1.54, 1.807) is 0 Å². The van der Waals surface area contributed by atoms with E-state index in [4.69, 9.17) is 15.5 Å². The smallest absolute Gasteiger partial charge is 0.400 e. The van der Waals surface area contributed by atoms with Crippen molar-refractivity contribution in [1.29, 1.82) is 5.26 Å². The van der Waals surface area contributed by atoms with Gasteiger partial charge in [-0.25, -0.2) is 4.39 Å². The summed E-state index contributed by atoms with van der Waals surface area (Å²) in [5.41, 5.74) is 0.267. The Bertz CT molecular complexity index is 966. The number of amides is 1. The second-order valence-electron chi connectivity index (χ2n) is 7.99. The molecule has 212 valence electrons. The van der Waals surface area contributed by atoms with Gasteiger partial charge in [-0.15, -0.1) is 0 Å². The Morgan fingerprint density at radius 1 is 1.13 bits per heavy atom. The standard InChI is InChI=1S/C12H13F6NO.C7H9N.C5H6N2O.CH4O/c1-7(6-20)19-10(11(14,15)12(16,17)18)8-2-4-9(13)5-3-8;1-2-7-5-3-4-6-8-7;6-3-5(1-2-5)7-4-8;1-2/h2-5,7,10,19-20H,6H2,1H3;3-6H,2H2,1H3;4H,1-2H2,(H,7,8);2H,1H3. The van der Waals surface area contributed by atoms with Crippen molar-refractivity contribution in [3.8, 4) is 6.07 Å². The number of aryl methyl sites for hydroxylation is 1. The summed E-state index contributed by atoms with van der Waals surface area (Å²) in [5.74, 6) is -5.81. The first-order valence-corrected chi connectivity index (χ1v) is 11.4. The lowest BCUT2D eigenvalue weighted by Gasteiger charge is -2.31. The Morgan fingerprint density at radius 2 is 1.71 bits per heavy atom. The van der Waals surface area contributed by atoms with Gasteiger partial charge in [-0.2, -0.15) is 27.2 Å². The number of pyridine rings is 1. The summed E-state index contributed by atoms with van der Waals surface area (Å²) in [4.78, 5) is 13.9. The maximum absolute atomic E-state index is 13.5. The van der Waals surface area contributed by atoms with Gasteiger partial charge in [0.15, 0.2) is 0 Å². The normalized spacial score (nSPS) is 14.9. The SMILES string of the molecule is CC(CO)NC(c1ccc(F)cc1)C(F)(F)C(F)(F)F.CCc1ccccn1.CO.N#CC1(NC=O)CC1. The van der Waals surface area contributed by atoms with Crippen LogP contribution < -0.4 is 10.6 Å². The molecule has 13 heteroatoms. The first-order chi connectivity index (χ1) is 17.9. The summed E-state index contributed by atoms with van der Waals surface area (Å²) in [6.07, 6.45) is -0.728. The van der Waals surface area contributed by atoms with Crippen molar-refractivity contribution >= 4 is 6.41 Å². The molecule has 1 fully saturated rings. The fraction of sp³-hybridized carbons (Fsp3) is 0.480. The molecular formula is C25H32F6N4O3. The molecule has 38 heavy (non-hydrogen) atoms. The fourth-order valence-electron chi connectivity index (χ4n) is 2.70. The molecule has 0 bridgehead atoms. The van der Waals surface area contributed by atoms with Gasteiger partial charge in [0.25, 0.3) is 0 Å². The van der Waals surface area contributed by atoms with Gasteiger partial charge in [-0.1, -0.05) is 25.1 Å². The predicted octanol–water partition coefficient (Wildman–Crippen LogP) is 4.08. The van der Waals surface area contributed by atoms with E-state index in [9.17, 15) is 31.1 Å². The number of carbonyl (C=O) groups is 1. The Labute approximate surface area is 217 Å². The molecule has 0 aliphatic heterocycles. The molecular weight excluding hydrogens is 518 g/mol. The van der Waals surface area contributed by atoms with Crippen LogP contribution in [0.15, 0.2) is 48.7 Å². The van der Waals surface area contributed by atoms with Crippen LogP contribution in [0.5, 0.6) is 0 Å². The minimum atomic E-state index is -5.77. The van der Waals surface area contributed by atoms with Gasteiger partial charge >= 0.3 is 12.1 Å². The molecule has 3 rings (SSSR count). The van der Waals surface area contributed by atoms with E-state index in [0.29, 0.717) is 6.41 Å². The van der Waals surface area contributed by atoms with Gasteiger partial charge in [0.05, 0.1) is 12.7 Å². The number of hydrogen-bond acceptors (Lipinski definition) is 6. The molecule has 2 aromatic rings. The number of aliphatic hydroxyl groups is 2. The van der Waals surface area contributed by atoms with Crippen molar-refractivity contribution < 1.29 is 41.4 Å². The van der Waals surface area contributed by atoms with E-state index in [1.807, 2.05) is 35.8 Å². The van der Waals surface area contributed by atoms with Gasteiger partial charge in [0.2, 0.25) is 6.41 Å². The van der Waals surface area contributed by atoms with Crippen molar-refractivity contribution in [3.05, 3.63) is 65.7 Å². The second-order valence-corrected chi connectivity index (χ2v) is 7.99. The molecule has 0 radical (unpaired) electrons. The number of nitrogens with zero attached hydrogens (tertiary/aromatic N) is 2. The molecule has 2 unspecified atom stereocenters. The number of aromatic nitrogens is 1. The summed E-state index contributed by atoms with van der Waals surface area (Å²) < 4.78 is 77.2. The van der Waals surface area contributed by atoms with Crippen LogP contribution in [0.25, 0.3) is 0 Å². The number of halogens is 6. The lowest BCUT2D eigenvalue weighted by atomic mass is 9.99. The first kappa shape index (κ1) is 34.8. The monoisotopic (exact) mass is 550 g/mol. The van der Waals surface area contributed by atoms with Crippen molar-refractivity contribution in [3.63, 3.8) is 0 Å². The summed E-state index contributed by atoms with van der Waals surface area (Å²) in [6.45, 7) is 2.73. The highest BCUT2D eigenvalue weighted by atomic mass is 19.4. The molecule has 0 saturated heterocycles. The molecule has 0 spiro atoms. The lowest BCUT2D eigenvalue weighted by Crippen LogP contribution is -2.50. The zero-order valence-corrected chi connectivity index (χ0v) is 21.1. The summed E-state index contributed by atoms with van der Waals surface area (Å²) >= 11 is 0. The summed E-state index contributed by atoms with van der Waals surface area (Å²) in [7, 11) is 1.00. The van der Waals surface area contributed by atoms with Crippen molar-refractivity contribution in [2.75, 3.05) is 13.7 Å². The average Bonchev–Trinajstić information content (AvgIpc) is 3.69. The molecule has 4 N–H and O–H groups in total. The lowest BCUT2D eigenvalue weighted by molar-refractivity contribution is -0.295. The molecule has 1 aliphatic carbocycles. The third-order valence-electron chi connectivity index (χ3n) is 5.06. The van der Waals surface area contributed by atoms with E-state index >= 15 is 0 Å². The first-order valence-electron chi connectivity index (χ1n) is 11.4. The van der Waals surface area contributed by atoms with E-state index in [-0.39, 0.29) is 0 Å². The van der Waals surface area contributed by atoms with Crippen LogP contribution in [-0.4, -0.2) is 59.0 Å². The van der Waals surface area contributed by atoms with E-state index in [1.165, 1.54) is 6.92 Å². The number of benzene rings is 1. The average molecular weight is 551 g/mol. The summed E-state index contributed by atoms with van der Waals surface area (Å²) in [5, 5.41) is 28.6. The number of aliphatic hydroxyl groups excluding tert-OH is 2. The highest BCUT2D eigenvalue weighted by Crippen LogP contribution is 2.44. The molecule has 1 aromatic carbocycles. The highest BCUT2D eigenvalue weighted by molar-refractivity contribution is 5.51. The number of carbonyl (C=O) groups excluding carboxylic acids is 1. The number of nitrogens with one attached hydrogen (secondary N) is 2. The molecule has 1 aliphatic rings. The zero-order chi connectivity index (χ0) is 29.4. The van der Waals surface area contributed by atoms with E-state index in [2.05, 4.69) is 17.2 Å². The fourth-order valence-corrected chi connectivity index (χ4v) is 2.70. The van der Waals surface area contributed by atoms with Gasteiger partial charge in [0.1, 0.15) is 17.4 Å². The van der Waals surface area contributed by atoms with E-state index in [0.717, 1.165) is 56.3 Å². The molecule has 2 atom stereocenters. The van der Waals surface area contributed by atoms with E-state index < -0.39 is 47.7 Å². The van der Waals surface area contributed by atoms with Crippen molar-refractivity contribution in [2.45, 2.75) is 62.8 Å². The van der Waals surface area contributed by atoms with Crippen LogP contribution >= 0.6 is 0 Å². The zero-order valence-electron chi connectivity index (χ0n) is 21.1. The maximum atomic E-state index is 13.5. The van der Waals surface area contributed by atoms with Gasteiger partial charge < -0.3 is 15.5 Å². The van der Waals surface area contributed by atoms with Crippen LogP contribution in [0.3, 0.4) is 0 Å². The molecule has 1 heterocycles. The Hall–Kier alpha value is -3.21. The predicted molar refractivity (Wildman–Crippen MR) is 128 cm³/mol. The van der Waals surface area contributed by atoms with Crippen molar-refractivity contribution in [2.24, 2.45) is 0 Å². The second kappa shape index (κ2) is 16.6. The molecule has 1 amide bonds. The van der Waals surface area contributed by atoms with Crippen LogP contribution in [0.4, 0.5) is 26.3 Å². The Kier molecular flexibility index (Phi) is 15.2. The maximum Gasteiger partial charge on any atom is 0.455 e. The minimum absolute atomic E-state index is 0.422. The molecule has 7 nitrogen and oxygen atoms in total. The third kappa shape index (κ3) is 11.5. The van der Waals surface area contributed by atoms with Crippen LogP contribution in [0, 0.1) is 17.1 Å². The Morgan fingerprint density at radius 3 is 2.03 bits per heavy atom. The molecule has 1 saturated carbocycles. The van der Waals surface area contributed by atoms with Gasteiger partial charge in [0, 0.05) is 25.0 Å². The van der Waals surface area contributed by atoms with Crippen LogP contribution in [0.1, 0.15) is 44.0 Å². The molecule has 1 aromatic heterocycles. The largest absolute Gasteiger partial charge is 0.455 e. The number of rotatable bonds is 8. The highest BCUT2D eigenvalue weighted by Gasteiger charge is 2.62. The van der Waals surface area contributed by atoms with Crippen LogP contribution in [-0.2, 0) is 11.2 Å². The topological polar surface area (TPSA) is 118 Å².